The van der Waals surface area contributed by atoms with Crippen molar-refractivity contribution in [3.63, 3.8) is 0 Å². The van der Waals surface area contributed by atoms with Crippen LogP contribution in [-0.4, -0.2) is 36.0 Å². The lowest BCUT2D eigenvalue weighted by atomic mass is 9.84. The van der Waals surface area contributed by atoms with Crippen molar-refractivity contribution >= 4 is 0 Å². The van der Waals surface area contributed by atoms with Crippen LogP contribution in [0.1, 0.15) is 59.8 Å². The Hall–Kier alpha value is -0.120. The third kappa shape index (κ3) is 6.72. The molecule has 1 rings (SSSR count). The largest absolute Gasteiger partial charge is 0.389 e. The van der Waals surface area contributed by atoms with E-state index in [0.29, 0.717) is 19.2 Å². The van der Waals surface area contributed by atoms with Gasteiger partial charge in [0.05, 0.1) is 18.3 Å². The van der Waals surface area contributed by atoms with Gasteiger partial charge >= 0.3 is 0 Å². The van der Waals surface area contributed by atoms with E-state index in [-0.39, 0.29) is 5.60 Å². The van der Waals surface area contributed by atoms with Crippen LogP contribution in [0.2, 0.25) is 0 Å². The first-order valence-corrected chi connectivity index (χ1v) is 7.44. The fourth-order valence-electron chi connectivity index (χ4n) is 2.53. The van der Waals surface area contributed by atoms with E-state index in [1.807, 2.05) is 20.8 Å². The molecule has 0 aliphatic heterocycles. The lowest BCUT2D eigenvalue weighted by Gasteiger charge is -2.29. The normalized spacial score (nSPS) is 21.8. The fourth-order valence-corrected chi connectivity index (χ4v) is 2.53. The summed E-state index contributed by atoms with van der Waals surface area (Å²) in [6.45, 7) is 9.32. The van der Waals surface area contributed by atoms with Crippen LogP contribution in [0.3, 0.4) is 0 Å². The van der Waals surface area contributed by atoms with Crippen molar-refractivity contribution in [2.24, 2.45) is 5.92 Å². The van der Waals surface area contributed by atoms with Crippen LogP contribution in [0.4, 0.5) is 0 Å². The van der Waals surface area contributed by atoms with Gasteiger partial charge in [-0.2, -0.15) is 0 Å². The Bertz CT molecular complexity index is 219. The molecule has 1 aliphatic rings. The highest BCUT2D eigenvalue weighted by Gasteiger charge is 2.20. The molecule has 0 saturated heterocycles. The van der Waals surface area contributed by atoms with E-state index >= 15 is 0 Å². The van der Waals surface area contributed by atoms with Crippen molar-refractivity contribution in [3.8, 4) is 0 Å². The van der Waals surface area contributed by atoms with E-state index < -0.39 is 6.10 Å². The molecule has 1 saturated carbocycles. The standard InChI is InChI=1S/C15H31NO2/c1-12(13-8-6-5-7-9-13)16-10-14(17)11-18-15(2,3)4/h12-14,16-17H,5-11H2,1-4H3/t12-,14?/m1/s1. The van der Waals surface area contributed by atoms with Gasteiger partial charge in [0.25, 0.3) is 0 Å². The predicted octanol–water partition coefficient (Wildman–Crippen LogP) is 2.72. The second-order valence-electron chi connectivity index (χ2n) is 6.67. The maximum absolute atomic E-state index is 9.87. The van der Waals surface area contributed by atoms with Crippen LogP contribution >= 0.6 is 0 Å². The van der Waals surface area contributed by atoms with Gasteiger partial charge in [0.2, 0.25) is 0 Å². The summed E-state index contributed by atoms with van der Waals surface area (Å²) in [5, 5.41) is 13.3. The minimum absolute atomic E-state index is 0.171. The Labute approximate surface area is 112 Å². The van der Waals surface area contributed by atoms with Crippen molar-refractivity contribution < 1.29 is 9.84 Å². The molecule has 0 aromatic heterocycles. The Kier molecular flexibility index (Phi) is 6.61. The quantitative estimate of drug-likeness (QED) is 0.769. The monoisotopic (exact) mass is 257 g/mol. The lowest BCUT2D eigenvalue weighted by Crippen LogP contribution is -2.41. The third-order valence-corrected chi connectivity index (χ3v) is 3.74. The molecule has 0 amide bonds. The van der Waals surface area contributed by atoms with Crippen LogP contribution in [-0.2, 0) is 4.74 Å². The van der Waals surface area contributed by atoms with Gasteiger partial charge < -0.3 is 15.2 Å². The molecule has 1 unspecified atom stereocenters. The van der Waals surface area contributed by atoms with E-state index in [9.17, 15) is 5.11 Å². The van der Waals surface area contributed by atoms with Gasteiger partial charge in [-0.1, -0.05) is 19.3 Å². The van der Waals surface area contributed by atoms with Gasteiger partial charge in [-0.25, -0.2) is 0 Å². The van der Waals surface area contributed by atoms with Crippen molar-refractivity contribution in [1.82, 2.24) is 5.32 Å². The van der Waals surface area contributed by atoms with Crippen molar-refractivity contribution in [1.29, 1.82) is 0 Å². The zero-order valence-electron chi connectivity index (χ0n) is 12.5. The number of rotatable bonds is 6. The number of hydrogen-bond donors (Lipinski definition) is 2. The maximum atomic E-state index is 9.87. The third-order valence-electron chi connectivity index (χ3n) is 3.74. The number of ether oxygens (including phenoxy) is 1. The minimum Gasteiger partial charge on any atom is -0.389 e. The summed E-state index contributed by atoms with van der Waals surface area (Å²) in [5.74, 6) is 0.787. The van der Waals surface area contributed by atoms with Gasteiger partial charge in [0.1, 0.15) is 0 Å². The van der Waals surface area contributed by atoms with E-state index in [0.717, 1.165) is 5.92 Å². The second kappa shape index (κ2) is 7.46. The molecule has 2 N–H and O–H groups in total. The first-order valence-electron chi connectivity index (χ1n) is 7.44. The van der Waals surface area contributed by atoms with Gasteiger partial charge in [0, 0.05) is 12.6 Å². The molecule has 18 heavy (non-hydrogen) atoms. The highest BCUT2D eigenvalue weighted by molar-refractivity contribution is 4.77. The van der Waals surface area contributed by atoms with E-state index in [1.165, 1.54) is 32.1 Å². The molecule has 0 radical (unpaired) electrons. The number of hydrogen-bond acceptors (Lipinski definition) is 3. The van der Waals surface area contributed by atoms with Crippen molar-refractivity contribution in [3.05, 3.63) is 0 Å². The molecule has 0 heterocycles. The lowest BCUT2D eigenvalue weighted by molar-refractivity contribution is -0.0486. The Morgan fingerprint density at radius 3 is 2.39 bits per heavy atom. The molecule has 0 aromatic rings. The van der Waals surface area contributed by atoms with Crippen LogP contribution in [0.15, 0.2) is 0 Å². The smallest absolute Gasteiger partial charge is 0.0898 e. The first-order chi connectivity index (χ1) is 8.38. The van der Waals surface area contributed by atoms with E-state index in [4.69, 9.17) is 4.74 Å². The average molecular weight is 257 g/mol. The Morgan fingerprint density at radius 2 is 1.83 bits per heavy atom. The number of nitrogens with one attached hydrogen (secondary N) is 1. The molecular formula is C15H31NO2. The van der Waals surface area contributed by atoms with Gasteiger partial charge in [-0.05, 0) is 46.5 Å². The van der Waals surface area contributed by atoms with Crippen LogP contribution in [0.25, 0.3) is 0 Å². The van der Waals surface area contributed by atoms with E-state index in [1.54, 1.807) is 0 Å². The Morgan fingerprint density at radius 1 is 1.22 bits per heavy atom. The van der Waals surface area contributed by atoms with Gasteiger partial charge in [-0.3, -0.25) is 0 Å². The number of aliphatic hydroxyl groups is 1. The first kappa shape index (κ1) is 15.9. The zero-order chi connectivity index (χ0) is 13.6. The topological polar surface area (TPSA) is 41.5 Å². The van der Waals surface area contributed by atoms with E-state index in [2.05, 4.69) is 12.2 Å². The molecule has 108 valence electrons. The molecule has 2 atom stereocenters. The zero-order valence-corrected chi connectivity index (χ0v) is 12.5. The summed E-state index contributed by atoms with van der Waals surface area (Å²) in [4.78, 5) is 0. The summed E-state index contributed by atoms with van der Waals surface area (Å²) in [6.07, 6.45) is 6.39. The van der Waals surface area contributed by atoms with Gasteiger partial charge in [-0.15, -0.1) is 0 Å². The molecule has 3 nitrogen and oxygen atoms in total. The fraction of sp³-hybridized carbons (Fsp3) is 1.00. The highest BCUT2D eigenvalue weighted by Crippen LogP contribution is 2.26. The summed E-state index contributed by atoms with van der Waals surface area (Å²) < 4.78 is 5.58. The SMILES string of the molecule is C[C@@H](NCC(O)COC(C)(C)C)C1CCCCC1. The average Bonchev–Trinajstić information content (AvgIpc) is 2.33. The maximum Gasteiger partial charge on any atom is 0.0898 e. The highest BCUT2D eigenvalue weighted by atomic mass is 16.5. The molecular weight excluding hydrogens is 226 g/mol. The number of aliphatic hydroxyl groups excluding tert-OH is 1. The van der Waals surface area contributed by atoms with Gasteiger partial charge in [0.15, 0.2) is 0 Å². The summed E-state index contributed by atoms with van der Waals surface area (Å²) in [7, 11) is 0. The van der Waals surface area contributed by atoms with Crippen LogP contribution in [0, 0.1) is 5.92 Å². The predicted molar refractivity (Wildman–Crippen MR) is 75.8 cm³/mol. The molecule has 1 fully saturated rings. The minimum atomic E-state index is -0.407. The van der Waals surface area contributed by atoms with Crippen molar-refractivity contribution in [2.45, 2.75) is 77.5 Å². The summed E-state index contributed by atoms with van der Waals surface area (Å²) >= 11 is 0. The molecule has 0 aromatic carbocycles. The summed E-state index contributed by atoms with van der Waals surface area (Å²) in [5.41, 5.74) is -0.171. The van der Waals surface area contributed by atoms with Crippen molar-refractivity contribution in [2.75, 3.05) is 13.2 Å². The van der Waals surface area contributed by atoms with Crippen LogP contribution < -0.4 is 5.32 Å². The summed E-state index contributed by atoms with van der Waals surface area (Å²) in [6, 6.07) is 0.509. The molecule has 1 aliphatic carbocycles. The molecule has 0 spiro atoms. The Balaban J connectivity index is 2.14. The molecule has 0 bridgehead atoms. The molecule has 3 heteroatoms. The van der Waals surface area contributed by atoms with Crippen LogP contribution in [0.5, 0.6) is 0 Å². The second-order valence-corrected chi connectivity index (χ2v) is 6.67.